The van der Waals surface area contributed by atoms with Gasteiger partial charge in [0.25, 0.3) is 0 Å². The van der Waals surface area contributed by atoms with Crippen LogP contribution in [0, 0.1) is 0 Å². The quantitative estimate of drug-likeness (QED) is 0.804. The van der Waals surface area contributed by atoms with Crippen LogP contribution in [-0.4, -0.2) is 31.7 Å². The smallest absolute Gasteiger partial charge is 0.240 e. The fourth-order valence-electron chi connectivity index (χ4n) is 1.91. The van der Waals surface area contributed by atoms with Gasteiger partial charge in [-0.3, -0.25) is 4.98 Å². The third-order valence-corrected chi connectivity index (χ3v) is 4.51. The highest BCUT2D eigenvalue weighted by Crippen LogP contribution is 2.11. The van der Waals surface area contributed by atoms with E-state index in [1.54, 1.807) is 30.5 Å². The molecule has 0 aliphatic heterocycles. The lowest BCUT2D eigenvalue weighted by Crippen LogP contribution is -2.26. The molecule has 0 saturated carbocycles. The summed E-state index contributed by atoms with van der Waals surface area (Å²) in [7, 11) is -3.50. The third-order valence-electron chi connectivity index (χ3n) is 3.03. The third kappa shape index (κ3) is 4.63. The summed E-state index contributed by atoms with van der Waals surface area (Å²) in [4.78, 5) is 4.37. The average Bonchev–Trinajstić information content (AvgIpc) is 2.49. The van der Waals surface area contributed by atoms with Crippen LogP contribution in [0.2, 0.25) is 0 Å². The molecule has 1 aromatic heterocycles. The molecule has 0 spiro atoms. The maximum atomic E-state index is 12.1. The Morgan fingerprint density at radius 2 is 1.81 bits per heavy atom. The first-order chi connectivity index (χ1) is 10.1. The molecule has 2 aromatic rings. The SMILES string of the molecule is O=S(=O)(NCCc1ccccn1)c1ccc(CCO)cc1. The van der Waals surface area contributed by atoms with Crippen molar-refractivity contribution in [2.75, 3.05) is 13.2 Å². The molecule has 0 aliphatic carbocycles. The molecule has 0 bridgehead atoms. The highest BCUT2D eigenvalue weighted by molar-refractivity contribution is 7.89. The number of aliphatic hydroxyl groups excluding tert-OH is 1. The molecule has 0 atom stereocenters. The van der Waals surface area contributed by atoms with Crippen molar-refractivity contribution < 1.29 is 13.5 Å². The highest BCUT2D eigenvalue weighted by Gasteiger charge is 2.13. The van der Waals surface area contributed by atoms with Crippen molar-refractivity contribution in [3.8, 4) is 0 Å². The zero-order valence-electron chi connectivity index (χ0n) is 11.6. The Hall–Kier alpha value is -1.76. The molecule has 0 saturated heterocycles. The van der Waals surface area contributed by atoms with E-state index in [1.165, 1.54) is 0 Å². The number of hydrogen-bond acceptors (Lipinski definition) is 4. The maximum absolute atomic E-state index is 12.1. The Balaban J connectivity index is 1.95. The molecule has 21 heavy (non-hydrogen) atoms. The van der Waals surface area contributed by atoms with Gasteiger partial charge in [-0.25, -0.2) is 13.1 Å². The van der Waals surface area contributed by atoms with Gasteiger partial charge >= 0.3 is 0 Å². The molecule has 1 heterocycles. The molecule has 2 N–H and O–H groups in total. The number of aromatic nitrogens is 1. The van der Waals surface area contributed by atoms with E-state index in [1.807, 2.05) is 18.2 Å². The van der Waals surface area contributed by atoms with Crippen molar-refractivity contribution in [2.45, 2.75) is 17.7 Å². The van der Waals surface area contributed by atoms with E-state index in [9.17, 15) is 8.42 Å². The van der Waals surface area contributed by atoms with E-state index < -0.39 is 10.0 Å². The Labute approximate surface area is 124 Å². The number of hydrogen-bond donors (Lipinski definition) is 2. The fourth-order valence-corrected chi connectivity index (χ4v) is 2.94. The fraction of sp³-hybridized carbons (Fsp3) is 0.267. The number of nitrogens with zero attached hydrogens (tertiary/aromatic N) is 1. The summed E-state index contributed by atoms with van der Waals surface area (Å²) in [5, 5.41) is 8.84. The predicted octanol–water partition coefficient (Wildman–Crippen LogP) is 1.14. The van der Waals surface area contributed by atoms with Crippen molar-refractivity contribution in [3.05, 3.63) is 59.9 Å². The molecule has 0 radical (unpaired) electrons. The van der Waals surface area contributed by atoms with Crippen molar-refractivity contribution in [1.29, 1.82) is 0 Å². The van der Waals surface area contributed by atoms with Crippen LogP contribution < -0.4 is 4.72 Å². The largest absolute Gasteiger partial charge is 0.396 e. The summed E-state index contributed by atoms with van der Waals surface area (Å²) in [6, 6.07) is 12.1. The lowest BCUT2D eigenvalue weighted by molar-refractivity contribution is 0.299. The highest BCUT2D eigenvalue weighted by atomic mass is 32.2. The van der Waals surface area contributed by atoms with Crippen LogP contribution in [0.3, 0.4) is 0 Å². The first-order valence-electron chi connectivity index (χ1n) is 6.71. The molecule has 0 fully saturated rings. The molecule has 1 aromatic carbocycles. The van der Waals surface area contributed by atoms with Crippen LogP contribution in [0.5, 0.6) is 0 Å². The second-order valence-corrected chi connectivity index (χ2v) is 6.35. The first-order valence-corrected chi connectivity index (χ1v) is 8.19. The number of aliphatic hydroxyl groups is 1. The predicted molar refractivity (Wildman–Crippen MR) is 80.4 cm³/mol. The number of pyridine rings is 1. The summed E-state index contributed by atoms with van der Waals surface area (Å²) < 4.78 is 26.8. The monoisotopic (exact) mass is 306 g/mol. The number of benzene rings is 1. The molecule has 6 heteroatoms. The Bertz CT molecular complexity index is 655. The van der Waals surface area contributed by atoms with Crippen molar-refractivity contribution >= 4 is 10.0 Å². The summed E-state index contributed by atoms with van der Waals surface area (Å²) >= 11 is 0. The van der Waals surface area contributed by atoms with Gasteiger partial charge in [-0.05, 0) is 36.2 Å². The van der Waals surface area contributed by atoms with E-state index in [-0.39, 0.29) is 11.5 Å². The zero-order chi connectivity index (χ0) is 15.1. The van der Waals surface area contributed by atoms with Crippen molar-refractivity contribution in [3.63, 3.8) is 0 Å². The lowest BCUT2D eigenvalue weighted by atomic mass is 10.2. The first kappa shape index (κ1) is 15.6. The van der Waals surface area contributed by atoms with Gasteiger partial charge in [-0.1, -0.05) is 18.2 Å². The van der Waals surface area contributed by atoms with Gasteiger partial charge in [0.2, 0.25) is 10.0 Å². The summed E-state index contributed by atoms with van der Waals surface area (Å²) in [6.07, 6.45) is 2.75. The van der Waals surface area contributed by atoms with Crippen molar-refractivity contribution in [2.24, 2.45) is 0 Å². The van der Waals surface area contributed by atoms with Gasteiger partial charge in [0.1, 0.15) is 0 Å². The molecule has 0 unspecified atom stereocenters. The van der Waals surface area contributed by atoms with Crippen LogP contribution in [0.4, 0.5) is 0 Å². The van der Waals surface area contributed by atoms with E-state index in [0.717, 1.165) is 11.3 Å². The Morgan fingerprint density at radius 1 is 1.05 bits per heavy atom. The Morgan fingerprint density at radius 3 is 2.43 bits per heavy atom. The van der Waals surface area contributed by atoms with Gasteiger partial charge < -0.3 is 5.11 Å². The van der Waals surface area contributed by atoms with E-state index in [4.69, 9.17) is 5.11 Å². The van der Waals surface area contributed by atoms with Crippen LogP contribution in [0.1, 0.15) is 11.3 Å². The van der Waals surface area contributed by atoms with Crippen LogP contribution >= 0.6 is 0 Å². The number of rotatable bonds is 7. The van der Waals surface area contributed by atoms with Crippen LogP contribution in [-0.2, 0) is 22.9 Å². The van der Waals surface area contributed by atoms with Crippen LogP contribution in [0.15, 0.2) is 53.6 Å². The van der Waals surface area contributed by atoms with Gasteiger partial charge in [0.05, 0.1) is 4.90 Å². The molecule has 5 nitrogen and oxygen atoms in total. The van der Waals surface area contributed by atoms with E-state index >= 15 is 0 Å². The maximum Gasteiger partial charge on any atom is 0.240 e. The number of sulfonamides is 1. The minimum Gasteiger partial charge on any atom is -0.396 e. The molecule has 0 aliphatic rings. The molecular weight excluding hydrogens is 288 g/mol. The topological polar surface area (TPSA) is 79.3 Å². The van der Waals surface area contributed by atoms with Crippen LogP contribution in [0.25, 0.3) is 0 Å². The standard InChI is InChI=1S/C15H18N2O3S/c18-12-9-13-4-6-15(7-5-13)21(19,20)17-11-8-14-3-1-2-10-16-14/h1-7,10,17-18H,8-9,11-12H2. The van der Waals surface area contributed by atoms with Gasteiger partial charge in [-0.15, -0.1) is 0 Å². The van der Waals surface area contributed by atoms with Gasteiger partial charge in [0, 0.05) is 31.5 Å². The van der Waals surface area contributed by atoms with Gasteiger partial charge in [0.15, 0.2) is 0 Å². The number of nitrogens with one attached hydrogen (secondary N) is 1. The van der Waals surface area contributed by atoms with Crippen molar-refractivity contribution in [1.82, 2.24) is 9.71 Å². The normalized spacial score (nSPS) is 11.5. The Kier molecular flexibility index (Phi) is 5.44. The summed E-state index contributed by atoms with van der Waals surface area (Å²) in [5.41, 5.74) is 1.75. The molecule has 112 valence electrons. The molecule has 0 amide bonds. The minimum absolute atomic E-state index is 0.0500. The van der Waals surface area contributed by atoms with E-state index in [0.29, 0.717) is 19.4 Å². The van der Waals surface area contributed by atoms with Gasteiger partial charge in [-0.2, -0.15) is 0 Å². The minimum atomic E-state index is -3.50. The average molecular weight is 306 g/mol. The molecule has 2 rings (SSSR count). The second-order valence-electron chi connectivity index (χ2n) is 4.59. The summed E-state index contributed by atoms with van der Waals surface area (Å²) in [6.45, 7) is 0.353. The van der Waals surface area contributed by atoms with E-state index in [2.05, 4.69) is 9.71 Å². The molecular formula is C15H18N2O3S. The zero-order valence-corrected chi connectivity index (χ0v) is 12.4. The summed E-state index contributed by atoms with van der Waals surface area (Å²) in [5.74, 6) is 0. The lowest BCUT2D eigenvalue weighted by Gasteiger charge is -2.07. The second kappa shape index (κ2) is 7.31.